The third-order valence-corrected chi connectivity index (χ3v) is 3.17. The number of methoxy groups -OCH3 is 2. The van der Waals surface area contributed by atoms with Crippen molar-refractivity contribution in [2.45, 2.75) is 12.8 Å². The predicted octanol–water partition coefficient (Wildman–Crippen LogP) is 0.409. The van der Waals surface area contributed by atoms with Gasteiger partial charge in [-0.1, -0.05) is 6.07 Å². The Balaban J connectivity index is 0.000000754. The minimum atomic E-state index is -2.07. The highest BCUT2D eigenvalue weighted by atomic mass is 35.5. The van der Waals surface area contributed by atoms with Crippen LogP contribution in [0.5, 0.6) is 11.5 Å². The molecule has 0 bridgehead atoms. The van der Waals surface area contributed by atoms with E-state index in [2.05, 4.69) is 17.8 Å². The van der Waals surface area contributed by atoms with Gasteiger partial charge in [0.25, 0.3) is 0 Å². The highest BCUT2D eigenvalue weighted by Crippen LogP contribution is 2.27. The van der Waals surface area contributed by atoms with Crippen LogP contribution >= 0.6 is 11.6 Å². The lowest BCUT2D eigenvalue weighted by Crippen LogP contribution is -2.30. The van der Waals surface area contributed by atoms with Crippen LogP contribution in [0.3, 0.4) is 0 Å². The molecule has 7 nitrogen and oxygen atoms in total. The Morgan fingerprint density at radius 3 is 2.33 bits per heavy atom. The van der Waals surface area contributed by atoms with Gasteiger partial charge < -0.3 is 24.5 Å². The number of nitrogens with zero attached hydrogens (tertiary/aromatic N) is 1. The lowest BCUT2D eigenvalue weighted by molar-refractivity contribution is -0.493. The van der Waals surface area contributed by atoms with E-state index in [-0.39, 0.29) is 0 Å². The molecule has 0 amide bonds. The highest BCUT2D eigenvalue weighted by Gasteiger charge is 2.05. The molecule has 0 radical (unpaired) electrons. The van der Waals surface area contributed by atoms with Crippen LogP contribution in [0.2, 0.25) is 0 Å². The van der Waals surface area contributed by atoms with Gasteiger partial charge in [0.05, 0.1) is 14.2 Å². The maximum absolute atomic E-state index is 9.04. The number of carbonyl (C=O) groups excluding carboxylic acids is 1. The lowest BCUT2D eigenvalue weighted by Gasteiger charge is -2.08. The van der Waals surface area contributed by atoms with Crippen molar-refractivity contribution in [1.82, 2.24) is 0 Å². The fourth-order valence-electron chi connectivity index (χ4n) is 1.67. The Morgan fingerprint density at radius 2 is 1.88 bits per heavy atom. The van der Waals surface area contributed by atoms with E-state index in [1.54, 1.807) is 14.2 Å². The molecule has 134 valence electrons. The minimum Gasteiger partial charge on any atom is -0.539 e. The molecule has 0 aliphatic heterocycles. The molecular formula is C16H22ClNO6. The topological polar surface area (TPSA) is 98.9 Å². The Bertz CT molecular complexity index is 562. The third-order valence-electron chi connectivity index (χ3n) is 2.91. The van der Waals surface area contributed by atoms with Crippen molar-refractivity contribution in [3.63, 3.8) is 0 Å². The average molecular weight is 360 g/mol. The Morgan fingerprint density at radius 1 is 1.29 bits per heavy atom. The number of ether oxygens (including phenoxy) is 2. The van der Waals surface area contributed by atoms with E-state index in [9.17, 15) is 0 Å². The normalized spacial score (nSPS) is 10.4. The molecule has 0 fully saturated rings. The molecule has 1 aromatic rings. The lowest BCUT2D eigenvalue weighted by atomic mass is 10.1. The number of rotatable bonds is 7. The Hall–Kier alpha value is -2.28. The van der Waals surface area contributed by atoms with Crippen LogP contribution in [0.25, 0.3) is 0 Å². The smallest absolute Gasteiger partial charge is 0.351 e. The van der Waals surface area contributed by atoms with Crippen LogP contribution in [-0.4, -0.2) is 61.5 Å². The van der Waals surface area contributed by atoms with E-state index in [4.69, 9.17) is 40.9 Å². The van der Waals surface area contributed by atoms with E-state index < -0.39 is 11.9 Å². The monoisotopic (exact) mass is 359 g/mol. The number of aliphatic carboxylic acids is 2. The molecule has 24 heavy (non-hydrogen) atoms. The fourth-order valence-corrected chi connectivity index (χ4v) is 1.79. The SMILES string of the molecule is COc1ccc(CC=[N+](C)CCCCl)cc1OC.O=C([O-])C(=O)O. The summed E-state index contributed by atoms with van der Waals surface area (Å²) in [5.41, 5.74) is 1.20. The van der Waals surface area contributed by atoms with E-state index in [0.29, 0.717) is 5.88 Å². The van der Waals surface area contributed by atoms with Gasteiger partial charge in [0, 0.05) is 18.7 Å². The maximum atomic E-state index is 9.04. The second kappa shape index (κ2) is 12.2. The molecule has 0 saturated heterocycles. The van der Waals surface area contributed by atoms with Gasteiger partial charge >= 0.3 is 5.97 Å². The first-order valence-electron chi connectivity index (χ1n) is 7.10. The standard InChI is InChI=1S/C14H21ClNO2.C2H2O4/c1-16(9-4-8-15)10-7-12-5-6-13(17-2)14(11-12)18-3;3-1(4)2(5)6/h5-6,10-11H,4,7-9H2,1-3H3;(H,3,4)(H,5,6)/q+1;/p-1. The largest absolute Gasteiger partial charge is 0.539 e. The zero-order chi connectivity index (χ0) is 18.5. The van der Waals surface area contributed by atoms with Gasteiger partial charge in [-0.05, 0) is 17.7 Å². The number of carboxylic acid groups (broad SMARTS) is 2. The number of alkyl halides is 1. The van der Waals surface area contributed by atoms with E-state index in [0.717, 1.165) is 30.9 Å². The highest BCUT2D eigenvalue weighted by molar-refractivity contribution is 6.26. The number of halogens is 1. The first-order valence-corrected chi connectivity index (χ1v) is 7.63. The second-order valence-corrected chi connectivity index (χ2v) is 5.07. The van der Waals surface area contributed by atoms with Crippen LogP contribution in [0.4, 0.5) is 0 Å². The van der Waals surface area contributed by atoms with E-state index in [1.807, 2.05) is 18.2 Å². The van der Waals surface area contributed by atoms with Crippen LogP contribution < -0.4 is 14.6 Å². The number of hydrogen-bond donors (Lipinski definition) is 1. The average Bonchev–Trinajstić information content (AvgIpc) is 2.58. The molecule has 8 heteroatoms. The van der Waals surface area contributed by atoms with Gasteiger partial charge in [-0.25, -0.2) is 9.37 Å². The maximum Gasteiger partial charge on any atom is 0.351 e. The molecular weight excluding hydrogens is 338 g/mol. The summed E-state index contributed by atoms with van der Waals surface area (Å²) in [5, 5.41) is 16.3. The minimum absolute atomic E-state index is 0.703. The van der Waals surface area contributed by atoms with Crippen LogP contribution in [0.1, 0.15) is 12.0 Å². The molecule has 0 aliphatic rings. The van der Waals surface area contributed by atoms with Crippen molar-refractivity contribution in [2.75, 3.05) is 33.7 Å². The van der Waals surface area contributed by atoms with Crippen molar-refractivity contribution < 1.29 is 33.9 Å². The first-order chi connectivity index (χ1) is 11.3. The fraction of sp³-hybridized carbons (Fsp3) is 0.438. The first kappa shape index (κ1) is 21.7. The van der Waals surface area contributed by atoms with Crippen LogP contribution in [-0.2, 0) is 16.0 Å². The molecule has 0 aliphatic carbocycles. The van der Waals surface area contributed by atoms with Crippen molar-refractivity contribution >= 4 is 29.8 Å². The number of hydrogen-bond acceptors (Lipinski definition) is 5. The van der Waals surface area contributed by atoms with Gasteiger partial charge in [-0.3, -0.25) is 0 Å². The van der Waals surface area contributed by atoms with Gasteiger partial charge in [-0.2, -0.15) is 0 Å². The summed E-state index contributed by atoms with van der Waals surface area (Å²) in [6, 6.07) is 5.98. The van der Waals surface area contributed by atoms with Gasteiger partial charge in [0.15, 0.2) is 17.5 Å². The summed E-state index contributed by atoms with van der Waals surface area (Å²) in [6.07, 6.45) is 4.04. The summed E-state index contributed by atoms with van der Waals surface area (Å²) in [6.45, 7) is 0.983. The summed E-state index contributed by atoms with van der Waals surface area (Å²) in [4.78, 5) is 18.0. The number of carbonyl (C=O) groups is 2. The van der Waals surface area contributed by atoms with E-state index >= 15 is 0 Å². The van der Waals surface area contributed by atoms with Gasteiger partial charge in [-0.15, -0.1) is 11.6 Å². The second-order valence-electron chi connectivity index (χ2n) is 4.69. The molecule has 1 rings (SSSR count). The number of carboxylic acids is 2. The molecule has 0 heterocycles. The molecule has 0 aromatic heterocycles. The molecule has 0 atom stereocenters. The van der Waals surface area contributed by atoms with Crippen molar-refractivity contribution in [3.8, 4) is 11.5 Å². The molecule has 0 spiro atoms. The van der Waals surface area contributed by atoms with Gasteiger partial charge in [0.2, 0.25) is 0 Å². The summed E-state index contributed by atoms with van der Waals surface area (Å²) >= 11 is 5.66. The Labute approximate surface area is 146 Å². The number of benzene rings is 1. The Kier molecular flexibility index (Phi) is 11.0. The zero-order valence-corrected chi connectivity index (χ0v) is 14.7. The van der Waals surface area contributed by atoms with Gasteiger partial charge in [0.1, 0.15) is 19.8 Å². The van der Waals surface area contributed by atoms with Crippen molar-refractivity contribution in [3.05, 3.63) is 23.8 Å². The van der Waals surface area contributed by atoms with Crippen molar-refractivity contribution in [2.24, 2.45) is 0 Å². The molecule has 0 unspecified atom stereocenters. The van der Waals surface area contributed by atoms with E-state index in [1.165, 1.54) is 5.56 Å². The van der Waals surface area contributed by atoms with Crippen molar-refractivity contribution in [1.29, 1.82) is 0 Å². The summed E-state index contributed by atoms with van der Waals surface area (Å²) in [5.74, 6) is -1.78. The summed E-state index contributed by atoms with van der Waals surface area (Å²) < 4.78 is 12.7. The molecule has 1 N–H and O–H groups in total. The quantitative estimate of drug-likeness (QED) is 0.327. The van der Waals surface area contributed by atoms with Crippen LogP contribution in [0, 0.1) is 0 Å². The molecule has 1 aromatic carbocycles. The predicted molar refractivity (Wildman–Crippen MR) is 88.3 cm³/mol. The van der Waals surface area contributed by atoms with Crippen LogP contribution in [0.15, 0.2) is 18.2 Å². The molecule has 0 saturated carbocycles. The third kappa shape index (κ3) is 8.99. The summed E-state index contributed by atoms with van der Waals surface area (Å²) in [7, 11) is 5.36. The zero-order valence-electron chi connectivity index (χ0n) is 14.0.